The highest BCUT2D eigenvalue weighted by atomic mass is 32.1. The topological polar surface area (TPSA) is 62.3 Å². The predicted octanol–water partition coefficient (Wildman–Crippen LogP) is 2.23. The molecule has 5 heteroatoms. The Labute approximate surface area is 108 Å². The molecule has 3 rings (SSSR count). The van der Waals surface area contributed by atoms with Crippen molar-refractivity contribution in [2.24, 2.45) is 0 Å². The summed E-state index contributed by atoms with van der Waals surface area (Å²) in [6.07, 6.45) is 1.87. The lowest BCUT2D eigenvalue weighted by Crippen LogP contribution is -1.94. The molecule has 0 amide bonds. The Balaban J connectivity index is 2.05. The zero-order chi connectivity index (χ0) is 12.7. The molecule has 2 aromatic rings. The average Bonchev–Trinajstić information content (AvgIpc) is 2.91. The minimum absolute atomic E-state index is 0.0127. The fourth-order valence-corrected chi connectivity index (χ4v) is 3.44. The lowest BCUT2D eigenvalue weighted by molar-refractivity contribution is 0.414. The second-order valence-electron chi connectivity index (χ2n) is 4.38. The summed E-state index contributed by atoms with van der Waals surface area (Å²) >= 11 is 1.09. The van der Waals surface area contributed by atoms with Crippen molar-refractivity contribution in [1.82, 2.24) is 4.98 Å². The Morgan fingerprint density at radius 1 is 1.50 bits per heavy atom. The van der Waals surface area contributed by atoms with Crippen LogP contribution in [0.3, 0.4) is 0 Å². The number of hydrogen-bond donors (Lipinski definition) is 2. The van der Waals surface area contributed by atoms with Crippen LogP contribution in [0.25, 0.3) is 0 Å². The van der Waals surface area contributed by atoms with Crippen molar-refractivity contribution in [1.29, 1.82) is 0 Å². The van der Waals surface area contributed by atoms with E-state index in [-0.39, 0.29) is 16.7 Å². The summed E-state index contributed by atoms with van der Waals surface area (Å²) in [4.78, 5) is 14.2. The average molecular weight is 263 g/mol. The van der Waals surface area contributed by atoms with E-state index in [9.17, 15) is 9.90 Å². The first kappa shape index (κ1) is 11.3. The molecule has 0 saturated carbocycles. The highest BCUT2D eigenvalue weighted by Gasteiger charge is 2.28. The molecule has 94 valence electrons. The summed E-state index contributed by atoms with van der Waals surface area (Å²) in [5.41, 5.74) is 2.42. The smallest absolute Gasteiger partial charge is 0.307 e. The van der Waals surface area contributed by atoms with Crippen molar-refractivity contribution in [2.45, 2.75) is 18.8 Å². The first-order chi connectivity index (χ1) is 8.69. The van der Waals surface area contributed by atoms with E-state index in [4.69, 9.17) is 4.74 Å². The number of nitrogens with one attached hydrogen (secondary N) is 1. The maximum Gasteiger partial charge on any atom is 0.307 e. The lowest BCUT2D eigenvalue weighted by Gasteiger charge is -2.10. The standard InChI is InChI=1S/C13H13NO3S/c1-17-8-3-5-9-7(6-8)2-4-10(9)11-12(15)14-13(16)18-11/h3,5-6,10,15H,2,4H2,1H3,(H,14,16)/t10-/m1/s1. The van der Waals surface area contributed by atoms with Gasteiger partial charge in [0.05, 0.1) is 12.0 Å². The molecule has 0 aliphatic heterocycles. The van der Waals surface area contributed by atoms with Crippen molar-refractivity contribution in [3.63, 3.8) is 0 Å². The molecule has 1 aliphatic rings. The van der Waals surface area contributed by atoms with Gasteiger partial charge in [0.25, 0.3) is 0 Å². The van der Waals surface area contributed by atoms with Crippen LogP contribution in [-0.2, 0) is 6.42 Å². The molecule has 2 N–H and O–H groups in total. The van der Waals surface area contributed by atoms with E-state index in [1.807, 2.05) is 18.2 Å². The number of H-pyrrole nitrogens is 1. The minimum Gasteiger partial charge on any atom is -0.497 e. The fraction of sp³-hybridized carbons (Fsp3) is 0.308. The molecule has 0 unspecified atom stereocenters. The Kier molecular flexibility index (Phi) is 2.63. The molecule has 4 nitrogen and oxygen atoms in total. The molecule has 1 aromatic heterocycles. The molecule has 1 atom stereocenters. The summed E-state index contributed by atoms with van der Waals surface area (Å²) in [7, 11) is 1.65. The number of rotatable bonds is 2. The molecule has 18 heavy (non-hydrogen) atoms. The summed E-state index contributed by atoms with van der Waals surface area (Å²) < 4.78 is 5.21. The van der Waals surface area contributed by atoms with Crippen LogP contribution >= 0.6 is 11.3 Å². The molecular formula is C13H13NO3S. The third-order valence-electron chi connectivity index (χ3n) is 3.40. The van der Waals surface area contributed by atoms with Gasteiger partial charge in [0, 0.05) is 5.92 Å². The van der Waals surface area contributed by atoms with Gasteiger partial charge in [-0.1, -0.05) is 17.4 Å². The Morgan fingerprint density at radius 2 is 2.33 bits per heavy atom. The van der Waals surface area contributed by atoms with Crippen LogP contribution in [-0.4, -0.2) is 17.2 Å². The molecule has 0 bridgehead atoms. The summed E-state index contributed by atoms with van der Waals surface area (Å²) in [6.45, 7) is 0. The summed E-state index contributed by atoms with van der Waals surface area (Å²) in [5, 5.41) is 9.75. The normalized spacial score (nSPS) is 17.7. The van der Waals surface area contributed by atoms with Crippen molar-refractivity contribution < 1.29 is 9.84 Å². The zero-order valence-electron chi connectivity index (χ0n) is 9.90. The van der Waals surface area contributed by atoms with E-state index < -0.39 is 0 Å². The van der Waals surface area contributed by atoms with Crippen LogP contribution in [0.1, 0.15) is 28.3 Å². The van der Waals surface area contributed by atoms with E-state index in [0.29, 0.717) is 0 Å². The monoisotopic (exact) mass is 263 g/mol. The molecular weight excluding hydrogens is 250 g/mol. The lowest BCUT2D eigenvalue weighted by atomic mass is 10.00. The molecule has 0 saturated heterocycles. The number of thiazole rings is 1. The van der Waals surface area contributed by atoms with Crippen LogP contribution in [0.15, 0.2) is 23.0 Å². The van der Waals surface area contributed by atoms with Gasteiger partial charge in [0.1, 0.15) is 5.75 Å². The van der Waals surface area contributed by atoms with Crippen LogP contribution in [0, 0.1) is 0 Å². The van der Waals surface area contributed by atoms with Crippen molar-refractivity contribution in [3.05, 3.63) is 43.9 Å². The second kappa shape index (κ2) is 4.17. The van der Waals surface area contributed by atoms with Gasteiger partial charge >= 0.3 is 4.87 Å². The quantitative estimate of drug-likeness (QED) is 0.873. The summed E-state index contributed by atoms with van der Waals surface area (Å²) in [6, 6.07) is 5.97. The van der Waals surface area contributed by atoms with Crippen LogP contribution in [0.2, 0.25) is 0 Å². The number of aromatic hydroxyl groups is 1. The number of aryl methyl sites for hydroxylation is 1. The highest BCUT2D eigenvalue weighted by Crippen LogP contribution is 2.42. The number of aromatic amines is 1. The zero-order valence-corrected chi connectivity index (χ0v) is 10.7. The van der Waals surface area contributed by atoms with Crippen LogP contribution in [0.4, 0.5) is 0 Å². The van der Waals surface area contributed by atoms with Gasteiger partial charge < -0.3 is 9.84 Å². The van der Waals surface area contributed by atoms with Gasteiger partial charge in [-0.2, -0.15) is 0 Å². The maximum absolute atomic E-state index is 11.3. The number of hydrogen-bond acceptors (Lipinski definition) is 4. The largest absolute Gasteiger partial charge is 0.497 e. The van der Waals surface area contributed by atoms with Crippen molar-refractivity contribution in [2.75, 3.05) is 7.11 Å². The summed E-state index contributed by atoms with van der Waals surface area (Å²) in [5.74, 6) is 0.981. The third kappa shape index (κ3) is 1.71. The predicted molar refractivity (Wildman–Crippen MR) is 69.8 cm³/mol. The Morgan fingerprint density at radius 3 is 3.00 bits per heavy atom. The molecule has 1 aromatic carbocycles. The van der Waals surface area contributed by atoms with Crippen LogP contribution in [0.5, 0.6) is 11.6 Å². The molecule has 0 radical (unpaired) electrons. The van der Waals surface area contributed by atoms with Crippen molar-refractivity contribution >= 4 is 11.3 Å². The number of aromatic nitrogens is 1. The Hall–Kier alpha value is -1.75. The van der Waals surface area contributed by atoms with Gasteiger partial charge in [-0.3, -0.25) is 9.78 Å². The van der Waals surface area contributed by atoms with E-state index >= 15 is 0 Å². The molecule has 1 aliphatic carbocycles. The third-order valence-corrected chi connectivity index (χ3v) is 4.39. The number of methoxy groups -OCH3 is 1. The number of benzene rings is 1. The minimum atomic E-state index is -0.204. The van der Waals surface area contributed by atoms with Crippen LogP contribution < -0.4 is 9.61 Å². The first-order valence-corrected chi connectivity index (χ1v) is 6.59. The molecule has 0 spiro atoms. The Bertz CT molecular complexity index is 644. The number of fused-ring (bicyclic) bond motifs is 1. The highest BCUT2D eigenvalue weighted by molar-refractivity contribution is 7.09. The second-order valence-corrected chi connectivity index (χ2v) is 5.40. The van der Waals surface area contributed by atoms with Gasteiger partial charge in [0.15, 0.2) is 0 Å². The van der Waals surface area contributed by atoms with Gasteiger partial charge in [-0.05, 0) is 36.1 Å². The number of ether oxygens (including phenoxy) is 1. The van der Waals surface area contributed by atoms with Gasteiger partial charge in [-0.15, -0.1) is 0 Å². The maximum atomic E-state index is 11.3. The fourth-order valence-electron chi connectivity index (χ4n) is 2.56. The molecule has 0 fully saturated rings. The van der Waals surface area contributed by atoms with Crippen molar-refractivity contribution in [3.8, 4) is 11.6 Å². The van der Waals surface area contributed by atoms with Gasteiger partial charge in [-0.25, -0.2) is 0 Å². The first-order valence-electron chi connectivity index (χ1n) is 5.78. The van der Waals surface area contributed by atoms with E-state index in [2.05, 4.69) is 4.98 Å². The molecule has 1 heterocycles. The van der Waals surface area contributed by atoms with E-state index in [1.54, 1.807) is 7.11 Å². The SMILES string of the molecule is COc1ccc2c(c1)CC[C@H]2c1sc(=O)[nH]c1O. The van der Waals surface area contributed by atoms with Gasteiger partial charge in [0.2, 0.25) is 5.88 Å². The van der Waals surface area contributed by atoms with E-state index in [1.165, 1.54) is 11.1 Å². The van der Waals surface area contributed by atoms with E-state index in [0.717, 1.165) is 34.8 Å².